The summed E-state index contributed by atoms with van der Waals surface area (Å²) in [5.74, 6) is 1.89. The van der Waals surface area contributed by atoms with E-state index < -0.39 is 5.60 Å². The molecule has 2 aromatic rings. The molecular formula is C16H20N2OS. The summed E-state index contributed by atoms with van der Waals surface area (Å²) in [6.45, 7) is 2.72. The number of nitrogens with one attached hydrogen (secondary N) is 1. The average molecular weight is 288 g/mol. The van der Waals surface area contributed by atoms with Crippen LogP contribution in [-0.4, -0.2) is 33.2 Å². The number of benzene rings is 1. The normalized spacial score (nSPS) is 25.4. The lowest BCUT2D eigenvalue weighted by Crippen LogP contribution is -2.54. The van der Waals surface area contributed by atoms with Gasteiger partial charge in [-0.3, -0.25) is 0 Å². The second-order valence-corrected chi connectivity index (χ2v) is 6.81. The average Bonchev–Trinajstić information content (AvgIpc) is 2.49. The summed E-state index contributed by atoms with van der Waals surface area (Å²) in [4.78, 5) is 4.58. The number of hydrogen-bond acceptors (Lipinski definition) is 4. The standard InChI is InChI=1S/C16H20N2OS/c1-2-20-14-9-10-16(14,19)11-17-15-8-7-12-5-3-4-6-13(12)18-15/h3-8,14,19H,2,9-11H2,1H3,(H,17,18). The van der Waals surface area contributed by atoms with Gasteiger partial charge in [0.1, 0.15) is 5.82 Å². The van der Waals surface area contributed by atoms with E-state index in [2.05, 4.69) is 29.4 Å². The highest BCUT2D eigenvalue weighted by atomic mass is 32.2. The molecule has 3 nitrogen and oxygen atoms in total. The van der Waals surface area contributed by atoms with Crippen LogP contribution in [0, 0.1) is 0 Å². The fraction of sp³-hybridized carbons (Fsp3) is 0.438. The zero-order chi connectivity index (χ0) is 14.0. The Morgan fingerprint density at radius 3 is 2.95 bits per heavy atom. The lowest BCUT2D eigenvalue weighted by Gasteiger charge is -2.45. The van der Waals surface area contributed by atoms with Gasteiger partial charge in [0.05, 0.1) is 11.1 Å². The van der Waals surface area contributed by atoms with Crippen LogP contribution >= 0.6 is 11.8 Å². The molecule has 1 aromatic heterocycles. The van der Waals surface area contributed by atoms with Gasteiger partial charge in [-0.25, -0.2) is 4.98 Å². The van der Waals surface area contributed by atoms with Gasteiger partial charge in [-0.2, -0.15) is 11.8 Å². The maximum atomic E-state index is 10.6. The number of anilines is 1. The van der Waals surface area contributed by atoms with Crippen LogP contribution < -0.4 is 5.32 Å². The molecule has 0 spiro atoms. The van der Waals surface area contributed by atoms with Crippen molar-refractivity contribution in [2.24, 2.45) is 0 Å². The smallest absolute Gasteiger partial charge is 0.126 e. The highest BCUT2D eigenvalue weighted by Gasteiger charge is 2.44. The van der Waals surface area contributed by atoms with Crippen LogP contribution in [-0.2, 0) is 0 Å². The minimum absolute atomic E-state index is 0.362. The summed E-state index contributed by atoms with van der Waals surface area (Å²) in [7, 11) is 0. The molecule has 1 fully saturated rings. The van der Waals surface area contributed by atoms with Gasteiger partial charge in [-0.05, 0) is 36.8 Å². The van der Waals surface area contributed by atoms with Crippen molar-refractivity contribution in [2.75, 3.05) is 17.6 Å². The Morgan fingerprint density at radius 2 is 2.20 bits per heavy atom. The van der Waals surface area contributed by atoms with E-state index in [1.165, 1.54) is 0 Å². The Balaban J connectivity index is 1.68. The number of para-hydroxylation sites is 1. The fourth-order valence-corrected chi connectivity index (χ4v) is 3.84. The number of rotatable bonds is 5. The van der Waals surface area contributed by atoms with Gasteiger partial charge in [0, 0.05) is 17.2 Å². The SMILES string of the molecule is CCSC1CCC1(O)CNc1ccc2ccccc2n1. The van der Waals surface area contributed by atoms with Crippen LogP contribution in [0.5, 0.6) is 0 Å². The summed E-state index contributed by atoms with van der Waals surface area (Å²) < 4.78 is 0. The molecule has 0 saturated heterocycles. The predicted molar refractivity (Wildman–Crippen MR) is 86.3 cm³/mol. The van der Waals surface area contributed by atoms with Crippen molar-refractivity contribution < 1.29 is 5.11 Å². The van der Waals surface area contributed by atoms with E-state index in [9.17, 15) is 5.11 Å². The van der Waals surface area contributed by atoms with Gasteiger partial charge in [0.15, 0.2) is 0 Å². The molecule has 1 saturated carbocycles. The van der Waals surface area contributed by atoms with Crippen molar-refractivity contribution in [3.05, 3.63) is 36.4 Å². The molecule has 2 atom stereocenters. The van der Waals surface area contributed by atoms with Crippen LogP contribution in [0.25, 0.3) is 10.9 Å². The molecular weight excluding hydrogens is 268 g/mol. The van der Waals surface area contributed by atoms with Crippen molar-refractivity contribution in [2.45, 2.75) is 30.6 Å². The third-order valence-electron chi connectivity index (χ3n) is 3.98. The fourth-order valence-electron chi connectivity index (χ4n) is 2.65. The van der Waals surface area contributed by atoms with Crippen molar-refractivity contribution in [3.8, 4) is 0 Å². The van der Waals surface area contributed by atoms with Gasteiger partial charge in [-0.1, -0.05) is 25.1 Å². The van der Waals surface area contributed by atoms with Crippen LogP contribution in [0.15, 0.2) is 36.4 Å². The topological polar surface area (TPSA) is 45.1 Å². The number of nitrogens with zero attached hydrogens (tertiary/aromatic N) is 1. The first kappa shape index (κ1) is 13.7. The van der Waals surface area contributed by atoms with E-state index in [4.69, 9.17) is 0 Å². The van der Waals surface area contributed by atoms with E-state index in [0.29, 0.717) is 11.8 Å². The molecule has 1 aliphatic carbocycles. The summed E-state index contributed by atoms with van der Waals surface area (Å²) >= 11 is 1.85. The second-order valence-electron chi connectivity index (χ2n) is 5.33. The Bertz CT molecular complexity index is 604. The lowest BCUT2D eigenvalue weighted by molar-refractivity contribution is -0.0120. The van der Waals surface area contributed by atoms with Gasteiger partial charge >= 0.3 is 0 Å². The Labute approximate surface area is 123 Å². The summed E-state index contributed by atoms with van der Waals surface area (Å²) in [6, 6.07) is 12.1. The number of aliphatic hydroxyl groups is 1. The monoisotopic (exact) mass is 288 g/mol. The second kappa shape index (κ2) is 5.62. The molecule has 1 aliphatic rings. The highest BCUT2D eigenvalue weighted by molar-refractivity contribution is 8.00. The van der Waals surface area contributed by atoms with Gasteiger partial charge in [0.2, 0.25) is 0 Å². The maximum Gasteiger partial charge on any atom is 0.126 e. The first-order chi connectivity index (χ1) is 9.71. The molecule has 2 N–H and O–H groups in total. The summed E-state index contributed by atoms with van der Waals surface area (Å²) in [6.07, 6.45) is 1.99. The number of aromatic nitrogens is 1. The molecule has 4 heteroatoms. The zero-order valence-electron chi connectivity index (χ0n) is 11.7. The summed E-state index contributed by atoms with van der Waals surface area (Å²) in [5, 5.41) is 15.4. The molecule has 2 unspecified atom stereocenters. The molecule has 0 aliphatic heterocycles. The van der Waals surface area contributed by atoms with Crippen LogP contribution in [0.2, 0.25) is 0 Å². The quantitative estimate of drug-likeness (QED) is 0.886. The molecule has 1 aromatic carbocycles. The van der Waals surface area contributed by atoms with E-state index in [-0.39, 0.29) is 0 Å². The van der Waals surface area contributed by atoms with E-state index in [0.717, 1.165) is 35.3 Å². The predicted octanol–water partition coefficient (Wildman–Crippen LogP) is 3.29. The number of thioether (sulfide) groups is 1. The molecule has 0 radical (unpaired) electrons. The molecule has 20 heavy (non-hydrogen) atoms. The minimum Gasteiger partial charge on any atom is -0.387 e. The van der Waals surface area contributed by atoms with Crippen LogP contribution in [0.1, 0.15) is 19.8 Å². The Hall–Kier alpha value is -1.26. The van der Waals surface area contributed by atoms with E-state index in [1.54, 1.807) is 0 Å². The van der Waals surface area contributed by atoms with Crippen molar-refractivity contribution >= 4 is 28.5 Å². The first-order valence-electron chi connectivity index (χ1n) is 7.15. The van der Waals surface area contributed by atoms with Crippen molar-refractivity contribution in [1.82, 2.24) is 4.98 Å². The molecule has 106 valence electrons. The third-order valence-corrected chi connectivity index (χ3v) is 5.39. The van der Waals surface area contributed by atoms with Gasteiger partial charge in [0.25, 0.3) is 0 Å². The van der Waals surface area contributed by atoms with Crippen LogP contribution in [0.3, 0.4) is 0 Å². The zero-order valence-corrected chi connectivity index (χ0v) is 12.5. The van der Waals surface area contributed by atoms with Crippen LogP contribution in [0.4, 0.5) is 5.82 Å². The largest absolute Gasteiger partial charge is 0.387 e. The first-order valence-corrected chi connectivity index (χ1v) is 8.20. The molecule has 0 amide bonds. The minimum atomic E-state index is -0.575. The number of fused-ring (bicyclic) bond motifs is 1. The maximum absolute atomic E-state index is 10.6. The molecule has 0 bridgehead atoms. The Kier molecular flexibility index (Phi) is 3.85. The van der Waals surface area contributed by atoms with Gasteiger partial charge < -0.3 is 10.4 Å². The van der Waals surface area contributed by atoms with E-state index >= 15 is 0 Å². The van der Waals surface area contributed by atoms with Crippen molar-refractivity contribution in [3.63, 3.8) is 0 Å². The van der Waals surface area contributed by atoms with Gasteiger partial charge in [-0.15, -0.1) is 0 Å². The highest BCUT2D eigenvalue weighted by Crippen LogP contribution is 2.41. The lowest BCUT2D eigenvalue weighted by atomic mass is 9.79. The van der Waals surface area contributed by atoms with Crippen molar-refractivity contribution in [1.29, 1.82) is 0 Å². The molecule has 1 heterocycles. The third kappa shape index (κ3) is 2.63. The molecule has 3 rings (SSSR count). The van der Waals surface area contributed by atoms with E-state index in [1.807, 2.05) is 36.0 Å². The Morgan fingerprint density at radius 1 is 1.35 bits per heavy atom. The number of pyridine rings is 1. The number of hydrogen-bond donors (Lipinski definition) is 2. The summed E-state index contributed by atoms with van der Waals surface area (Å²) in [5.41, 5.74) is 0.408.